The van der Waals surface area contributed by atoms with E-state index in [9.17, 15) is 18.0 Å². The summed E-state index contributed by atoms with van der Waals surface area (Å²) in [7, 11) is 0. The molecule has 0 aliphatic heterocycles. The van der Waals surface area contributed by atoms with Crippen LogP contribution in [-0.2, 0) is 16.6 Å². The zero-order chi connectivity index (χ0) is 12.1. The molecule has 1 aromatic rings. The van der Waals surface area contributed by atoms with Gasteiger partial charge in [0.1, 0.15) is 5.78 Å². The molecule has 1 aliphatic carbocycles. The first-order valence-corrected chi connectivity index (χ1v) is 5.06. The van der Waals surface area contributed by atoms with Gasteiger partial charge in [-0.1, -0.05) is 0 Å². The van der Waals surface area contributed by atoms with Gasteiger partial charge in [0.05, 0.1) is 0 Å². The Labute approximate surface area is 91.3 Å². The summed E-state index contributed by atoms with van der Waals surface area (Å²) in [5.74, 6) is -3.93. The van der Waals surface area contributed by atoms with Gasteiger partial charge in [0.15, 0.2) is 17.5 Å². The first kappa shape index (κ1) is 11.2. The number of benzene rings is 1. The van der Waals surface area contributed by atoms with Crippen LogP contribution in [0.25, 0.3) is 0 Å². The molecule has 0 aromatic heterocycles. The monoisotopic (exact) mass is 228 g/mol. The number of hydrogen-bond acceptors (Lipinski definition) is 1. The lowest BCUT2D eigenvalue weighted by Crippen LogP contribution is -2.35. The first-order chi connectivity index (χ1) is 7.35. The van der Waals surface area contributed by atoms with Crippen molar-refractivity contribution in [2.75, 3.05) is 0 Å². The van der Waals surface area contributed by atoms with Crippen LogP contribution in [0.1, 0.15) is 31.4 Å². The van der Waals surface area contributed by atoms with Gasteiger partial charge in [-0.25, -0.2) is 13.2 Å². The molecule has 2 rings (SSSR count). The second kappa shape index (κ2) is 3.34. The summed E-state index contributed by atoms with van der Waals surface area (Å²) in [6, 6.07) is 0.935. The highest BCUT2D eigenvalue weighted by Gasteiger charge is 2.38. The topological polar surface area (TPSA) is 17.1 Å². The minimum Gasteiger partial charge on any atom is -0.299 e. The third-order valence-corrected chi connectivity index (χ3v) is 3.24. The molecule has 0 heterocycles. The molecule has 0 amide bonds. The Morgan fingerprint density at radius 2 is 1.75 bits per heavy atom. The average Bonchev–Trinajstić information content (AvgIpc) is 2.22. The maximum absolute atomic E-state index is 13.5. The van der Waals surface area contributed by atoms with Gasteiger partial charge >= 0.3 is 0 Å². The van der Waals surface area contributed by atoms with Gasteiger partial charge in [-0.3, -0.25) is 4.79 Å². The van der Waals surface area contributed by atoms with Crippen molar-refractivity contribution in [3.63, 3.8) is 0 Å². The summed E-state index contributed by atoms with van der Waals surface area (Å²) in [5, 5.41) is 0. The van der Waals surface area contributed by atoms with E-state index in [1.807, 2.05) is 0 Å². The maximum atomic E-state index is 13.5. The minimum absolute atomic E-state index is 0.0783. The van der Waals surface area contributed by atoms with Crippen LogP contribution in [0.3, 0.4) is 0 Å². The number of carbonyl (C=O) groups excluding carboxylic acids is 1. The number of ketones is 1. The highest BCUT2D eigenvalue weighted by atomic mass is 19.2. The van der Waals surface area contributed by atoms with Crippen LogP contribution in [0.2, 0.25) is 0 Å². The Morgan fingerprint density at radius 1 is 1.12 bits per heavy atom. The van der Waals surface area contributed by atoms with E-state index in [2.05, 4.69) is 0 Å². The molecular weight excluding hydrogens is 217 g/mol. The molecule has 16 heavy (non-hydrogen) atoms. The third kappa shape index (κ3) is 1.36. The molecule has 0 unspecified atom stereocenters. The molecule has 86 valence electrons. The van der Waals surface area contributed by atoms with Crippen molar-refractivity contribution in [2.45, 2.75) is 32.1 Å². The SMILES string of the molecule is CC1(C)C(=O)CCc2c1cc(F)c(F)c2F. The van der Waals surface area contributed by atoms with Crippen LogP contribution in [-0.4, -0.2) is 5.78 Å². The van der Waals surface area contributed by atoms with Gasteiger partial charge in [-0.05, 0) is 37.5 Å². The number of halogens is 3. The lowest BCUT2D eigenvalue weighted by Gasteiger charge is -2.31. The normalized spacial score (nSPS) is 18.4. The van der Waals surface area contributed by atoms with Gasteiger partial charge < -0.3 is 0 Å². The van der Waals surface area contributed by atoms with Crippen LogP contribution in [0.15, 0.2) is 6.07 Å². The fourth-order valence-electron chi connectivity index (χ4n) is 2.14. The predicted octanol–water partition coefficient (Wildman–Crippen LogP) is 2.90. The van der Waals surface area contributed by atoms with Crippen LogP contribution in [0, 0.1) is 17.5 Å². The largest absolute Gasteiger partial charge is 0.299 e. The number of Topliss-reactive ketones (excluding diaryl/α,β-unsaturated/α-hetero) is 1. The number of fused-ring (bicyclic) bond motifs is 1. The predicted molar refractivity (Wildman–Crippen MR) is 52.7 cm³/mol. The number of carbonyl (C=O) groups is 1. The maximum Gasteiger partial charge on any atom is 0.194 e. The molecule has 0 saturated carbocycles. The molecule has 0 radical (unpaired) electrons. The Bertz CT molecular complexity index is 478. The van der Waals surface area contributed by atoms with Crippen molar-refractivity contribution in [1.82, 2.24) is 0 Å². The molecular formula is C12H11F3O. The highest BCUT2D eigenvalue weighted by Crippen LogP contribution is 2.36. The molecule has 0 fully saturated rings. The van der Waals surface area contributed by atoms with Gasteiger partial charge in [-0.15, -0.1) is 0 Å². The summed E-state index contributed by atoms with van der Waals surface area (Å²) in [5.41, 5.74) is -0.549. The van der Waals surface area contributed by atoms with Crippen molar-refractivity contribution in [2.24, 2.45) is 0 Å². The van der Waals surface area contributed by atoms with Crippen LogP contribution in [0.5, 0.6) is 0 Å². The summed E-state index contributed by atoms with van der Waals surface area (Å²) in [6.07, 6.45) is 0.308. The number of rotatable bonds is 0. The quantitative estimate of drug-likeness (QED) is 0.624. The summed E-state index contributed by atoms with van der Waals surface area (Å²) in [4.78, 5) is 11.6. The fourth-order valence-corrected chi connectivity index (χ4v) is 2.14. The van der Waals surface area contributed by atoms with Gasteiger partial charge in [-0.2, -0.15) is 0 Å². The van der Waals surface area contributed by atoms with Crippen molar-refractivity contribution in [3.05, 3.63) is 34.6 Å². The van der Waals surface area contributed by atoms with Crippen LogP contribution >= 0.6 is 0 Å². The zero-order valence-corrected chi connectivity index (χ0v) is 9.03. The summed E-state index contributed by atoms with van der Waals surface area (Å²) in [6.45, 7) is 3.20. The van der Waals surface area contributed by atoms with Crippen molar-refractivity contribution in [1.29, 1.82) is 0 Å². The molecule has 4 heteroatoms. The minimum atomic E-state index is -1.45. The lowest BCUT2D eigenvalue weighted by molar-refractivity contribution is -0.124. The van der Waals surface area contributed by atoms with E-state index in [-0.39, 0.29) is 29.8 Å². The van der Waals surface area contributed by atoms with E-state index in [4.69, 9.17) is 0 Å². The molecule has 1 aliphatic rings. The second-order valence-electron chi connectivity index (χ2n) is 4.56. The first-order valence-electron chi connectivity index (χ1n) is 5.06. The molecule has 0 spiro atoms. The van der Waals surface area contributed by atoms with Crippen molar-refractivity contribution in [3.8, 4) is 0 Å². The van der Waals surface area contributed by atoms with Crippen molar-refractivity contribution >= 4 is 5.78 Å². The Kier molecular flexibility index (Phi) is 2.33. The molecule has 0 atom stereocenters. The lowest BCUT2D eigenvalue weighted by atomic mass is 9.71. The van der Waals surface area contributed by atoms with E-state index in [1.165, 1.54) is 0 Å². The molecule has 0 bridgehead atoms. The van der Waals surface area contributed by atoms with E-state index in [0.29, 0.717) is 0 Å². The van der Waals surface area contributed by atoms with Gasteiger partial charge in [0.2, 0.25) is 0 Å². The zero-order valence-electron chi connectivity index (χ0n) is 9.03. The smallest absolute Gasteiger partial charge is 0.194 e. The summed E-state index contributed by atoms with van der Waals surface area (Å²) < 4.78 is 39.6. The third-order valence-electron chi connectivity index (χ3n) is 3.24. The van der Waals surface area contributed by atoms with Crippen molar-refractivity contribution < 1.29 is 18.0 Å². The standard InChI is InChI=1S/C12H11F3O/c1-12(2)7-5-8(13)11(15)10(14)6(7)3-4-9(12)16/h5H,3-4H2,1-2H3. The van der Waals surface area contributed by atoms with Gasteiger partial charge in [0.25, 0.3) is 0 Å². The van der Waals surface area contributed by atoms with Crippen LogP contribution in [0.4, 0.5) is 13.2 Å². The van der Waals surface area contributed by atoms with Crippen LogP contribution < -0.4 is 0 Å². The Hall–Kier alpha value is -1.32. The number of hydrogen-bond donors (Lipinski definition) is 0. The van der Waals surface area contributed by atoms with E-state index >= 15 is 0 Å². The van der Waals surface area contributed by atoms with E-state index in [0.717, 1.165) is 6.07 Å². The average molecular weight is 228 g/mol. The second-order valence-corrected chi connectivity index (χ2v) is 4.56. The Morgan fingerprint density at radius 3 is 2.38 bits per heavy atom. The highest BCUT2D eigenvalue weighted by molar-refractivity contribution is 5.91. The fraction of sp³-hybridized carbons (Fsp3) is 0.417. The van der Waals surface area contributed by atoms with E-state index < -0.39 is 22.9 Å². The molecule has 0 N–H and O–H groups in total. The van der Waals surface area contributed by atoms with E-state index in [1.54, 1.807) is 13.8 Å². The Balaban J connectivity index is 2.74. The molecule has 1 nitrogen and oxygen atoms in total. The van der Waals surface area contributed by atoms with Gasteiger partial charge in [0, 0.05) is 11.8 Å². The molecule has 1 aromatic carbocycles. The molecule has 0 saturated heterocycles. The summed E-state index contributed by atoms with van der Waals surface area (Å²) >= 11 is 0.